The van der Waals surface area contributed by atoms with Crippen LogP contribution in [0.5, 0.6) is 0 Å². The van der Waals surface area contributed by atoms with E-state index in [4.69, 9.17) is 11.6 Å². The minimum Gasteiger partial charge on any atom is -0.369 e. The van der Waals surface area contributed by atoms with Crippen LogP contribution in [0, 0.1) is 26.6 Å². The van der Waals surface area contributed by atoms with Crippen molar-refractivity contribution >= 4 is 40.0 Å². The zero-order chi connectivity index (χ0) is 22.4. The normalized spacial score (nSPS) is 12.8. The van der Waals surface area contributed by atoms with Crippen molar-refractivity contribution in [3.63, 3.8) is 0 Å². The highest BCUT2D eigenvalue weighted by Gasteiger charge is 2.20. The Morgan fingerprint density at radius 3 is 2.72 bits per heavy atom. The summed E-state index contributed by atoms with van der Waals surface area (Å²) < 4.78 is 14.2. The zero-order valence-electron chi connectivity index (χ0n) is 18.3. The number of nitrogens with one attached hydrogen (secondary N) is 2. The van der Waals surface area contributed by atoms with Crippen molar-refractivity contribution in [1.82, 2.24) is 15.0 Å². The first-order valence-corrected chi connectivity index (χ1v) is 11.1. The standard InChI is InChI=1S/C26H24ClFN4/c1-14-4-6-17(11-21(14)27)18-10-20-23(12-18)30-13-31-26(20)29-9-8-19-16(3)32-25-22(28)7-5-15(2)24(19)25/h4-7,11-13,32H,8-10H2,1-3H3,(H,29,30,31). The lowest BCUT2D eigenvalue weighted by Crippen LogP contribution is -2.10. The fourth-order valence-electron chi connectivity index (χ4n) is 4.52. The van der Waals surface area contributed by atoms with Crippen LogP contribution < -0.4 is 5.32 Å². The number of hydrogen-bond donors (Lipinski definition) is 2. The lowest BCUT2D eigenvalue weighted by molar-refractivity contribution is 0.637. The number of halogens is 2. The first-order chi connectivity index (χ1) is 15.4. The topological polar surface area (TPSA) is 53.6 Å². The molecule has 2 aromatic carbocycles. The molecule has 6 heteroatoms. The molecule has 1 aliphatic rings. The van der Waals surface area contributed by atoms with E-state index >= 15 is 0 Å². The molecular formula is C26H24ClFN4. The molecule has 0 saturated heterocycles. The highest BCUT2D eigenvalue weighted by atomic mass is 35.5. The monoisotopic (exact) mass is 446 g/mol. The molecular weight excluding hydrogens is 423 g/mol. The third-order valence-electron chi connectivity index (χ3n) is 6.30. The number of aryl methyl sites for hydroxylation is 3. The molecule has 0 fully saturated rings. The molecule has 0 radical (unpaired) electrons. The summed E-state index contributed by atoms with van der Waals surface area (Å²) in [7, 11) is 0. The van der Waals surface area contributed by atoms with Gasteiger partial charge in [0.2, 0.25) is 0 Å². The number of anilines is 1. The van der Waals surface area contributed by atoms with Gasteiger partial charge in [-0.15, -0.1) is 0 Å². The molecule has 0 spiro atoms. The highest BCUT2D eigenvalue weighted by molar-refractivity contribution is 6.31. The van der Waals surface area contributed by atoms with Crippen molar-refractivity contribution < 1.29 is 4.39 Å². The molecule has 0 unspecified atom stereocenters. The molecule has 2 heterocycles. The van der Waals surface area contributed by atoms with E-state index in [0.29, 0.717) is 12.1 Å². The third kappa shape index (κ3) is 3.56. The van der Waals surface area contributed by atoms with Crippen molar-refractivity contribution in [2.24, 2.45) is 0 Å². The quantitative estimate of drug-likeness (QED) is 0.371. The minimum atomic E-state index is -0.212. The first-order valence-electron chi connectivity index (χ1n) is 10.7. The zero-order valence-corrected chi connectivity index (χ0v) is 19.1. The van der Waals surface area contributed by atoms with E-state index in [1.54, 1.807) is 6.33 Å². The highest BCUT2D eigenvalue weighted by Crippen LogP contribution is 2.35. The number of hydrogen-bond acceptors (Lipinski definition) is 3. The molecule has 162 valence electrons. The maximum atomic E-state index is 14.2. The molecule has 0 amide bonds. The largest absolute Gasteiger partial charge is 0.369 e. The molecule has 1 aliphatic carbocycles. The molecule has 0 aliphatic heterocycles. The second kappa shape index (κ2) is 8.06. The minimum absolute atomic E-state index is 0.212. The molecule has 0 saturated carbocycles. The van der Waals surface area contributed by atoms with E-state index in [1.165, 1.54) is 11.6 Å². The molecule has 2 N–H and O–H groups in total. The molecule has 0 atom stereocenters. The van der Waals surface area contributed by atoms with E-state index in [2.05, 4.69) is 32.4 Å². The van der Waals surface area contributed by atoms with Gasteiger partial charge in [0.15, 0.2) is 0 Å². The average molecular weight is 447 g/mol. The Morgan fingerprint density at radius 1 is 1.09 bits per heavy atom. The van der Waals surface area contributed by atoms with Gasteiger partial charge in [0.25, 0.3) is 0 Å². The maximum Gasteiger partial charge on any atom is 0.147 e. The van der Waals surface area contributed by atoms with Crippen molar-refractivity contribution in [2.45, 2.75) is 33.6 Å². The summed E-state index contributed by atoms with van der Waals surface area (Å²) in [5, 5.41) is 5.24. The van der Waals surface area contributed by atoms with Gasteiger partial charge in [0.1, 0.15) is 18.0 Å². The fraction of sp³-hybridized carbons (Fsp3) is 0.231. The van der Waals surface area contributed by atoms with Crippen molar-refractivity contribution in [2.75, 3.05) is 11.9 Å². The van der Waals surface area contributed by atoms with Crippen LogP contribution in [0.25, 0.3) is 22.6 Å². The SMILES string of the molecule is Cc1ccc(C2=Cc3ncnc(NCCc4c(C)[nH]c5c(F)ccc(C)c45)c3C2)cc1Cl. The van der Waals surface area contributed by atoms with Crippen molar-refractivity contribution in [3.8, 4) is 0 Å². The predicted molar refractivity (Wildman–Crippen MR) is 130 cm³/mol. The number of rotatable bonds is 5. The summed E-state index contributed by atoms with van der Waals surface area (Å²) in [5.41, 5.74) is 9.20. The van der Waals surface area contributed by atoms with Crippen LogP contribution in [0.3, 0.4) is 0 Å². The summed E-state index contributed by atoms with van der Waals surface area (Å²) in [6.45, 7) is 6.72. The number of aromatic nitrogens is 3. The molecule has 4 nitrogen and oxygen atoms in total. The van der Waals surface area contributed by atoms with Crippen LogP contribution in [-0.4, -0.2) is 21.5 Å². The third-order valence-corrected chi connectivity index (χ3v) is 6.70. The Balaban J connectivity index is 1.35. The summed E-state index contributed by atoms with van der Waals surface area (Å²) >= 11 is 6.33. The lowest BCUT2D eigenvalue weighted by Gasteiger charge is -2.11. The second-order valence-electron chi connectivity index (χ2n) is 8.42. The van der Waals surface area contributed by atoms with Crippen LogP contribution in [-0.2, 0) is 12.8 Å². The van der Waals surface area contributed by atoms with Gasteiger partial charge in [-0.25, -0.2) is 14.4 Å². The van der Waals surface area contributed by atoms with E-state index in [0.717, 1.165) is 68.3 Å². The van der Waals surface area contributed by atoms with Gasteiger partial charge >= 0.3 is 0 Å². The molecule has 0 bridgehead atoms. The van der Waals surface area contributed by atoms with Crippen molar-refractivity contribution in [1.29, 1.82) is 0 Å². The average Bonchev–Trinajstić information content (AvgIpc) is 3.35. The van der Waals surface area contributed by atoms with E-state index < -0.39 is 0 Å². The van der Waals surface area contributed by atoms with E-state index in [9.17, 15) is 4.39 Å². The lowest BCUT2D eigenvalue weighted by atomic mass is 10.0. The summed E-state index contributed by atoms with van der Waals surface area (Å²) in [6, 6.07) is 9.51. The summed E-state index contributed by atoms with van der Waals surface area (Å²) in [4.78, 5) is 12.2. The van der Waals surface area contributed by atoms with E-state index in [-0.39, 0.29) is 5.82 Å². The molecule has 4 aromatic rings. The number of allylic oxidation sites excluding steroid dienone is 1. The molecule has 2 aromatic heterocycles. The van der Waals surface area contributed by atoms with Gasteiger partial charge < -0.3 is 10.3 Å². The first kappa shape index (κ1) is 20.7. The van der Waals surface area contributed by atoms with Crippen LogP contribution in [0.4, 0.5) is 10.2 Å². The second-order valence-corrected chi connectivity index (χ2v) is 8.82. The van der Waals surface area contributed by atoms with E-state index in [1.807, 2.05) is 39.0 Å². The predicted octanol–water partition coefficient (Wildman–Crippen LogP) is 6.43. The van der Waals surface area contributed by atoms with Crippen molar-refractivity contribution in [3.05, 3.63) is 86.7 Å². The number of H-pyrrole nitrogens is 1. The van der Waals surface area contributed by atoms with Crippen LogP contribution in [0.2, 0.25) is 5.02 Å². The fourth-order valence-corrected chi connectivity index (χ4v) is 4.70. The summed E-state index contributed by atoms with van der Waals surface area (Å²) in [5.74, 6) is 0.635. The van der Waals surface area contributed by atoms with Gasteiger partial charge in [-0.3, -0.25) is 0 Å². The summed E-state index contributed by atoms with van der Waals surface area (Å²) in [6.07, 6.45) is 5.23. The van der Waals surface area contributed by atoms with Crippen LogP contribution in [0.1, 0.15) is 39.2 Å². The van der Waals surface area contributed by atoms with Gasteiger partial charge in [0.05, 0.1) is 11.2 Å². The van der Waals surface area contributed by atoms with Gasteiger partial charge in [-0.2, -0.15) is 0 Å². The Bertz CT molecular complexity index is 1390. The molecule has 5 rings (SSSR count). The van der Waals surface area contributed by atoms with Gasteiger partial charge in [0, 0.05) is 34.6 Å². The smallest absolute Gasteiger partial charge is 0.147 e. The Labute approximate surface area is 191 Å². The van der Waals surface area contributed by atoms with Gasteiger partial charge in [-0.05, 0) is 73.2 Å². The number of nitrogens with zero attached hydrogens (tertiary/aromatic N) is 2. The number of fused-ring (bicyclic) bond motifs is 2. The van der Waals surface area contributed by atoms with Crippen LogP contribution >= 0.6 is 11.6 Å². The molecule has 32 heavy (non-hydrogen) atoms. The Kier molecular flexibility index (Phi) is 5.22. The van der Waals surface area contributed by atoms with Crippen LogP contribution in [0.15, 0.2) is 36.7 Å². The number of aromatic amines is 1. The maximum absolute atomic E-state index is 14.2. The Hall–Kier alpha value is -3.18. The van der Waals surface area contributed by atoms with Gasteiger partial charge in [-0.1, -0.05) is 29.8 Å². The number of benzene rings is 2. The Morgan fingerprint density at radius 2 is 1.91 bits per heavy atom.